The lowest BCUT2D eigenvalue weighted by Gasteiger charge is -2.03. The molecule has 0 bridgehead atoms. The van der Waals surface area contributed by atoms with E-state index in [1.54, 1.807) is 5.38 Å². The largest absolute Gasteiger partial charge is 0.461 e. The fourth-order valence-corrected chi connectivity index (χ4v) is 2.20. The summed E-state index contributed by atoms with van der Waals surface area (Å²) in [6.45, 7) is 2.31. The molecule has 1 aromatic carbocycles. The average molecular weight is 261 g/mol. The van der Waals surface area contributed by atoms with Crippen LogP contribution >= 0.6 is 11.3 Å². The van der Waals surface area contributed by atoms with Gasteiger partial charge in [-0.2, -0.15) is 0 Å². The number of hydrogen-bond acceptors (Lipinski definition) is 4. The summed E-state index contributed by atoms with van der Waals surface area (Å²) in [6, 6.07) is 10.2. The number of carbonyl (C=O) groups excluding carboxylic acids is 1. The Hall–Kier alpha value is -1.68. The van der Waals surface area contributed by atoms with Crippen molar-refractivity contribution in [3.8, 4) is 0 Å². The Morgan fingerprint density at radius 3 is 2.78 bits per heavy atom. The topological polar surface area (TPSA) is 39.2 Å². The molecule has 0 saturated carbocycles. The van der Waals surface area contributed by atoms with Gasteiger partial charge in [-0.25, -0.2) is 9.78 Å². The van der Waals surface area contributed by atoms with Gasteiger partial charge in [0.05, 0.1) is 11.6 Å². The van der Waals surface area contributed by atoms with Crippen molar-refractivity contribution in [2.24, 2.45) is 0 Å². The maximum absolute atomic E-state index is 11.6. The minimum atomic E-state index is -0.326. The van der Waals surface area contributed by atoms with E-state index in [1.807, 2.05) is 25.1 Å². The average Bonchev–Trinajstić information content (AvgIpc) is 2.82. The highest BCUT2D eigenvalue weighted by Crippen LogP contribution is 2.09. The molecule has 2 aromatic rings. The summed E-state index contributed by atoms with van der Waals surface area (Å²) in [5.41, 5.74) is 1.68. The molecule has 2 rings (SSSR count). The van der Waals surface area contributed by atoms with Crippen LogP contribution in [0.3, 0.4) is 0 Å². The molecule has 0 fully saturated rings. The Morgan fingerprint density at radius 1 is 1.33 bits per heavy atom. The van der Waals surface area contributed by atoms with Gasteiger partial charge in [-0.1, -0.05) is 30.3 Å². The molecule has 0 amide bonds. The number of rotatable bonds is 5. The molecule has 0 unspecified atom stereocenters. The van der Waals surface area contributed by atoms with Crippen molar-refractivity contribution in [1.29, 1.82) is 0 Å². The van der Waals surface area contributed by atoms with E-state index in [4.69, 9.17) is 4.74 Å². The van der Waals surface area contributed by atoms with Crippen LogP contribution in [0.1, 0.15) is 27.5 Å². The molecular weight excluding hydrogens is 246 g/mol. The smallest absolute Gasteiger partial charge is 0.357 e. The number of ether oxygens (including phenoxy) is 1. The molecule has 0 atom stereocenters. The normalized spacial score (nSPS) is 10.3. The molecule has 18 heavy (non-hydrogen) atoms. The summed E-state index contributed by atoms with van der Waals surface area (Å²) < 4.78 is 5.17. The van der Waals surface area contributed by atoms with E-state index in [-0.39, 0.29) is 5.97 Å². The second-order valence-corrected chi connectivity index (χ2v) is 5.04. The summed E-state index contributed by atoms with van der Waals surface area (Å²) >= 11 is 1.46. The highest BCUT2D eigenvalue weighted by Gasteiger charge is 2.10. The first-order chi connectivity index (χ1) is 8.75. The molecule has 4 heteroatoms. The maximum atomic E-state index is 11.6. The van der Waals surface area contributed by atoms with Gasteiger partial charge in [0.25, 0.3) is 0 Å². The lowest BCUT2D eigenvalue weighted by molar-refractivity contribution is 0.0494. The van der Waals surface area contributed by atoms with Crippen LogP contribution in [-0.2, 0) is 11.2 Å². The first-order valence-corrected chi connectivity index (χ1v) is 6.77. The zero-order chi connectivity index (χ0) is 12.8. The molecule has 1 heterocycles. The van der Waals surface area contributed by atoms with Crippen LogP contribution in [0.4, 0.5) is 0 Å². The van der Waals surface area contributed by atoms with Crippen LogP contribution in [0.2, 0.25) is 0 Å². The molecule has 0 aliphatic heterocycles. The third-order valence-electron chi connectivity index (χ3n) is 2.51. The van der Waals surface area contributed by atoms with Gasteiger partial charge < -0.3 is 4.74 Å². The Balaban J connectivity index is 1.71. The van der Waals surface area contributed by atoms with Crippen LogP contribution in [0.5, 0.6) is 0 Å². The predicted octanol–water partition coefficient (Wildman–Crippen LogP) is 3.24. The lowest BCUT2D eigenvalue weighted by Crippen LogP contribution is -2.07. The number of benzene rings is 1. The van der Waals surface area contributed by atoms with Gasteiger partial charge in [0.1, 0.15) is 0 Å². The fourth-order valence-electron chi connectivity index (χ4n) is 1.62. The van der Waals surface area contributed by atoms with E-state index in [2.05, 4.69) is 17.1 Å². The Bertz CT molecular complexity index is 508. The number of hydrogen-bond donors (Lipinski definition) is 0. The summed E-state index contributed by atoms with van der Waals surface area (Å²) in [6.07, 6.45) is 1.75. The van der Waals surface area contributed by atoms with Crippen LogP contribution in [0.15, 0.2) is 35.7 Å². The third-order valence-corrected chi connectivity index (χ3v) is 3.29. The first kappa shape index (κ1) is 12.8. The van der Waals surface area contributed by atoms with Gasteiger partial charge in [-0.3, -0.25) is 0 Å². The van der Waals surface area contributed by atoms with E-state index in [9.17, 15) is 4.79 Å². The highest BCUT2D eigenvalue weighted by molar-refractivity contribution is 7.09. The standard InChI is InChI=1S/C14H15NO2S/c1-11-15-13(10-18-11)14(16)17-9-5-8-12-6-3-2-4-7-12/h2-4,6-7,10H,5,8-9H2,1H3. The summed E-state index contributed by atoms with van der Waals surface area (Å²) in [5, 5.41) is 2.61. The minimum Gasteiger partial charge on any atom is -0.461 e. The second kappa shape index (κ2) is 6.31. The molecule has 0 aliphatic carbocycles. The number of aryl methyl sites for hydroxylation is 2. The molecule has 0 aliphatic rings. The van der Waals surface area contributed by atoms with Crippen LogP contribution in [0.25, 0.3) is 0 Å². The number of nitrogens with zero attached hydrogens (tertiary/aromatic N) is 1. The molecule has 94 valence electrons. The molecule has 1 aromatic heterocycles. The summed E-state index contributed by atoms with van der Waals surface area (Å²) in [7, 11) is 0. The van der Waals surface area contributed by atoms with Crippen LogP contribution in [-0.4, -0.2) is 17.6 Å². The maximum Gasteiger partial charge on any atom is 0.357 e. The minimum absolute atomic E-state index is 0.326. The van der Waals surface area contributed by atoms with Crippen molar-refractivity contribution >= 4 is 17.3 Å². The van der Waals surface area contributed by atoms with Gasteiger partial charge >= 0.3 is 5.97 Å². The summed E-state index contributed by atoms with van der Waals surface area (Å²) in [5.74, 6) is -0.326. The van der Waals surface area contributed by atoms with Crippen LogP contribution < -0.4 is 0 Å². The van der Waals surface area contributed by atoms with Crippen molar-refractivity contribution in [2.75, 3.05) is 6.61 Å². The molecule has 0 N–H and O–H groups in total. The Morgan fingerprint density at radius 2 is 2.11 bits per heavy atom. The predicted molar refractivity (Wildman–Crippen MR) is 71.9 cm³/mol. The fraction of sp³-hybridized carbons (Fsp3) is 0.286. The zero-order valence-corrected chi connectivity index (χ0v) is 11.1. The zero-order valence-electron chi connectivity index (χ0n) is 10.3. The van der Waals surface area contributed by atoms with E-state index in [1.165, 1.54) is 16.9 Å². The molecule has 0 saturated heterocycles. The van der Waals surface area contributed by atoms with Crippen LogP contribution in [0, 0.1) is 6.92 Å². The Labute approximate surface area is 110 Å². The van der Waals surface area contributed by atoms with Crippen molar-refractivity contribution in [3.05, 3.63) is 52.0 Å². The van der Waals surface area contributed by atoms with Gasteiger partial charge in [0.15, 0.2) is 5.69 Å². The van der Waals surface area contributed by atoms with Gasteiger partial charge in [0, 0.05) is 5.38 Å². The van der Waals surface area contributed by atoms with Crippen molar-refractivity contribution in [1.82, 2.24) is 4.98 Å². The third kappa shape index (κ3) is 3.67. The molecular formula is C14H15NO2S. The van der Waals surface area contributed by atoms with E-state index in [0.717, 1.165) is 17.8 Å². The van der Waals surface area contributed by atoms with E-state index >= 15 is 0 Å². The Kier molecular flexibility index (Phi) is 4.47. The highest BCUT2D eigenvalue weighted by atomic mass is 32.1. The lowest BCUT2D eigenvalue weighted by atomic mass is 10.1. The van der Waals surface area contributed by atoms with Gasteiger partial charge in [-0.15, -0.1) is 11.3 Å². The summed E-state index contributed by atoms with van der Waals surface area (Å²) in [4.78, 5) is 15.7. The second-order valence-electron chi connectivity index (χ2n) is 3.98. The van der Waals surface area contributed by atoms with Gasteiger partial charge in [-0.05, 0) is 25.3 Å². The number of esters is 1. The van der Waals surface area contributed by atoms with Crippen molar-refractivity contribution < 1.29 is 9.53 Å². The number of thiazole rings is 1. The van der Waals surface area contributed by atoms with Crippen molar-refractivity contribution in [3.63, 3.8) is 0 Å². The molecule has 0 spiro atoms. The quantitative estimate of drug-likeness (QED) is 0.612. The molecule has 0 radical (unpaired) electrons. The van der Waals surface area contributed by atoms with Crippen molar-refractivity contribution in [2.45, 2.75) is 19.8 Å². The number of aromatic nitrogens is 1. The SMILES string of the molecule is Cc1nc(C(=O)OCCCc2ccccc2)cs1. The first-order valence-electron chi connectivity index (χ1n) is 5.89. The molecule has 3 nitrogen and oxygen atoms in total. The van der Waals surface area contributed by atoms with E-state index < -0.39 is 0 Å². The monoisotopic (exact) mass is 261 g/mol. The van der Waals surface area contributed by atoms with Gasteiger partial charge in [0.2, 0.25) is 0 Å². The van der Waals surface area contributed by atoms with E-state index in [0.29, 0.717) is 12.3 Å². The number of carbonyl (C=O) groups is 1.